The molecule has 1 aliphatic heterocycles. The monoisotopic (exact) mass is 399 g/mol. The van der Waals surface area contributed by atoms with Crippen LogP contribution in [-0.2, 0) is 20.8 Å². The molecular weight excluding hydrogens is 381 g/mol. The number of rotatable bonds is 5. The Morgan fingerprint density at radius 1 is 1.38 bits per heavy atom. The summed E-state index contributed by atoms with van der Waals surface area (Å²) in [7, 11) is 1.53. The van der Waals surface area contributed by atoms with Crippen LogP contribution in [0.4, 0.5) is 4.39 Å². The van der Waals surface area contributed by atoms with Gasteiger partial charge in [-0.05, 0) is 46.5 Å². The summed E-state index contributed by atoms with van der Waals surface area (Å²) in [6, 6.07) is 3.85. The first-order chi connectivity index (χ1) is 11.4. The van der Waals surface area contributed by atoms with Crippen LogP contribution in [0.15, 0.2) is 22.7 Å². The van der Waals surface area contributed by atoms with Gasteiger partial charge in [-0.3, -0.25) is 14.4 Å². The number of hydrogen-bond acceptors (Lipinski definition) is 3. The lowest BCUT2D eigenvalue weighted by Crippen LogP contribution is -2.48. The van der Waals surface area contributed by atoms with E-state index in [9.17, 15) is 18.8 Å². The smallest absolute Gasteiger partial charge is 0.242 e. The summed E-state index contributed by atoms with van der Waals surface area (Å²) in [5, 5.41) is 5.09. The van der Waals surface area contributed by atoms with E-state index < -0.39 is 11.9 Å². The third-order valence-corrected chi connectivity index (χ3v) is 4.52. The Balaban J connectivity index is 1.85. The van der Waals surface area contributed by atoms with Crippen LogP contribution in [0.3, 0.4) is 0 Å². The van der Waals surface area contributed by atoms with Crippen molar-refractivity contribution in [3.63, 3.8) is 0 Å². The number of nitrogens with zero attached hydrogens (tertiary/aromatic N) is 1. The van der Waals surface area contributed by atoms with Crippen LogP contribution in [-0.4, -0.2) is 48.8 Å². The standard InChI is InChI=1S/C16H19BrFN3O3/c1-19-16(24)13-3-2-6-21(13)15(23)9-20-14(22)8-10-4-5-12(18)11(17)7-10/h4-5,7,13H,2-3,6,8-9H2,1H3,(H,19,24)(H,20,22). The second-order valence-electron chi connectivity index (χ2n) is 5.56. The van der Waals surface area contributed by atoms with Gasteiger partial charge in [-0.2, -0.15) is 0 Å². The molecule has 0 saturated carbocycles. The van der Waals surface area contributed by atoms with Gasteiger partial charge in [0.1, 0.15) is 11.9 Å². The number of likely N-dealkylation sites (N-methyl/N-ethyl adjacent to an activating group) is 1. The second-order valence-corrected chi connectivity index (χ2v) is 6.42. The minimum absolute atomic E-state index is 0.0467. The molecule has 1 fully saturated rings. The van der Waals surface area contributed by atoms with Crippen LogP contribution in [0.2, 0.25) is 0 Å². The SMILES string of the molecule is CNC(=O)C1CCCN1C(=O)CNC(=O)Cc1ccc(F)c(Br)c1. The maximum Gasteiger partial charge on any atom is 0.242 e. The Kier molecular flexibility index (Phi) is 6.30. The average Bonchev–Trinajstić information content (AvgIpc) is 3.05. The quantitative estimate of drug-likeness (QED) is 0.774. The van der Waals surface area contributed by atoms with Gasteiger partial charge in [-0.25, -0.2) is 4.39 Å². The van der Waals surface area contributed by atoms with E-state index in [2.05, 4.69) is 26.6 Å². The summed E-state index contributed by atoms with van der Waals surface area (Å²) in [6.45, 7) is 0.354. The van der Waals surface area contributed by atoms with E-state index in [0.717, 1.165) is 6.42 Å². The molecule has 1 aliphatic rings. The van der Waals surface area contributed by atoms with Crippen LogP contribution < -0.4 is 10.6 Å². The Hall–Kier alpha value is -1.96. The van der Waals surface area contributed by atoms with Gasteiger partial charge in [-0.1, -0.05) is 6.07 Å². The highest BCUT2D eigenvalue weighted by molar-refractivity contribution is 9.10. The molecule has 0 radical (unpaired) electrons. The molecule has 1 unspecified atom stereocenters. The molecule has 2 N–H and O–H groups in total. The van der Waals surface area contributed by atoms with Gasteiger partial charge in [0, 0.05) is 13.6 Å². The first kappa shape index (κ1) is 18.4. The number of hydrogen-bond donors (Lipinski definition) is 2. The van der Waals surface area contributed by atoms with Crippen molar-refractivity contribution >= 4 is 33.7 Å². The Labute approximate surface area is 147 Å². The van der Waals surface area contributed by atoms with E-state index in [4.69, 9.17) is 0 Å². The fourth-order valence-corrected chi connectivity index (χ4v) is 3.10. The lowest BCUT2D eigenvalue weighted by atomic mass is 10.1. The fraction of sp³-hybridized carbons (Fsp3) is 0.438. The predicted molar refractivity (Wildman–Crippen MR) is 89.6 cm³/mol. The number of nitrogens with one attached hydrogen (secondary N) is 2. The van der Waals surface area contributed by atoms with Gasteiger partial charge >= 0.3 is 0 Å². The van der Waals surface area contributed by atoms with Gasteiger partial charge in [0.25, 0.3) is 0 Å². The second kappa shape index (κ2) is 8.23. The molecule has 130 valence electrons. The maximum atomic E-state index is 13.2. The van der Waals surface area contributed by atoms with E-state index in [1.807, 2.05) is 0 Å². The zero-order chi connectivity index (χ0) is 17.7. The molecule has 0 spiro atoms. The van der Waals surface area contributed by atoms with E-state index >= 15 is 0 Å². The zero-order valence-corrected chi connectivity index (χ0v) is 14.9. The summed E-state index contributed by atoms with van der Waals surface area (Å²) in [4.78, 5) is 37.4. The van der Waals surface area contributed by atoms with Crippen LogP contribution in [0.1, 0.15) is 18.4 Å². The van der Waals surface area contributed by atoms with E-state index in [0.29, 0.717) is 18.5 Å². The summed E-state index contributed by atoms with van der Waals surface area (Å²) in [5.41, 5.74) is 0.637. The van der Waals surface area contributed by atoms with Crippen molar-refractivity contribution < 1.29 is 18.8 Å². The van der Waals surface area contributed by atoms with Crippen molar-refractivity contribution in [2.45, 2.75) is 25.3 Å². The van der Waals surface area contributed by atoms with Crippen molar-refractivity contribution in [1.29, 1.82) is 0 Å². The first-order valence-electron chi connectivity index (χ1n) is 7.64. The van der Waals surface area contributed by atoms with Crippen molar-refractivity contribution in [3.8, 4) is 0 Å². The van der Waals surface area contributed by atoms with Crippen LogP contribution in [0.5, 0.6) is 0 Å². The molecule has 1 aromatic carbocycles. The van der Waals surface area contributed by atoms with Gasteiger partial charge in [0.2, 0.25) is 17.7 Å². The number of carbonyl (C=O) groups excluding carboxylic acids is 3. The topological polar surface area (TPSA) is 78.5 Å². The van der Waals surface area contributed by atoms with E-state index in [1.165, 1.54) is 30.1 Å². The molecule has 0 aliphatic carbocycles. The fourth-order valence-electron chi connectivity index (χ4n) is 2.68. The van der Waals surface area contributed by atoms with Gasteiger partial charge in [-0.15, -0.1) is 0 Å². The normalized spacial score (nSPS) is 16.8. The maximum absolute atomic E-state index is 13.2. The minimum atomic E-state index is -0.465. The summed E-state index contributed by atoms with van der Waals surface area (Å²) in [5.74, 6) is -1.21. The summed E-state index contributed by atoms with van der Waals surface area (Å²) >= 11 is 3.06. The number of halogens is 2. The van der Waals surface area contributed by atoms with Crippen molar-refractivity contribution in [3.05, 3.63) is 34.1 Å². The summed E-state index contributed by atoms with van der Waals surface area (Å²) in [6.07, 6.45) is 1.44. The van der Waals surface area contributed by atoms with Gasteiger partial charge < -0.3 is 15.5 Å². The molecule has 2 rings (SSSR count). The number of benzene rings is 1. The van der Waals surface area contributed by atoms with E-state index in [-0.39, 0.29) is 35.2 Å². The third kappa shape index (κ3) is 4.53. The van der Waals surface area contributed by atoms with Crippen molar-refractivity contribution in [1.82, 2.24) is 15.5 Å². The molecule has 1 heterocycles. The number of amides is 3. The van der Waals surface area contributed by atoms with Crippen LogP contribution in [0, 0.1) is 5.82 Å². The molecule has 1 atom stereocenters. The zero-order valence-electron chi connectivity index (χ0n) is 13.3. The Morgan fingerprint density at radius 2 is 2.12 bits per heavy atom. The third-order valence-electron chi connectivity index (χ3n) is 3.91. The molecule has 3 amide bonds. The van der Waals surface area contributed by atoms with Gasteiger partial charge in [0.15, 0.2) is 0 Å². The number of carbonyl (C=O) groups is 3. The molecule has 0 bridgehead atoms. The Morgan fingerprint density at radius 3 is 2.79 bits per heavy atom. The highest BCUT2D eigenvalue weighted by Gasteiger charge is 2.33. The molecule has 8 heteroatoms. The molecule has 0 aromatic heterocycles. The highest BCUT2D eigenvalue weighted by atomic mass is 79.9. The largest absolute Gasteiger partial charge is 0.357 e. The number of likely N-dealkylation sites (tertiary alicyclic amines) is 1. The van der Waals surface area contributed by atoms with Crippen molar-refractivity contribution in [2.75, 3.05) is 20.1 Å². The molecule has 6 nitrogen and oxygen atoms in total. The Bertz CT molecular complexity index is 653. The lowest BCUT2D eigenvalue weighted by molar-refractivity contribution is -0.138. The molecule has 1 saturated heterocycles. The lowest BCUT2D eigenvalue weighted by Gasteiger charge is -2.23. The van der Waals surface area contributed by atoms with E-state index in [1.54, 1.807) is 0 Å². The average molecular weight is 400 g/mol. The molecule has 24 heavy (non-hydrogen) atoms. The van der Waals surface area contributed by atoms with Crippen molar-refractivity contribution in [2.24, 2.45) is 0 Å². The molecular formula is C16H19BrFN3O3. The predicted octanol–water partition coefficient (Wildman–Crippen LogP) is 0.984. The first-order valence-corrected chi connectivity index (χ1v) is 8.43. The minimum Gasteiger partial charge on any atom is -0.357 e. The molecule has 1 aromatic rings. The van der Waals surface area contributed by atoms with Crippen LogP contribution >= 0.6 is 15.9 Å². The highest BCUT2D eigenvalue weighted by Crippen LogP contribution is 2.18. The summed E-state index contributed by atoms with van der Waals surface area (Å²) < 4.78 is 13.5. The van der Waals surface area contributed by atoms with Crippen LogP contribution in [0.25, 0.3) is 0 Å². The van der Waals surface area contributed by atoms with Gasteiger partial charge in [0.05, 0.1) is 17.4 Å².